The van der Waals surface area contributed by atoms with Crippen LogP contribution in [0.15, 0.2) is 60.7 Å². The molecular formula is C21H26O4S. The van der Waals surface area contributed by atoms with E-state index in [9.17, 15) is 5.11 Å². The van der Waals surface area contributed by atoms with Crippen molar-refractivity contribution in [3.63, 3.8) is 0 Å². The van der Waals surface area contributed by atoms with E-state index in [0.717, 1.165) is 11.1 Å². The number of thioether (sulfide) groups is 1. The van der Waals surface area contributed by atoms with Crippen LogP contribution in [0.2, 0.25) is 0 Å². The van der Waals surface area contributed by atoms with Crippen LogP contribution < -0.4 is 0 Å². The zero-order chi connectivity index (χ0) is 18.4. The van der Waals surface area contributed by atoms with E-state index in [-0.39, 0.29) is 11.5 Å². The smallest absolute Gasteiger partial charge is 0.132 e. The Kier molecular flexibility index (Phi) is 7.11. The number of ether oxygens (including phenoxy) is 3. The highest BCUT2D eigenvalue weighted by Crippen LogP contribution is 2.31. The van der Waals surface area contributed by atoms with Gasteiger partial charge in [-0.15, -0.1) is 11.8 Å². The lowest BCUT2D eigenvalue weighted by Gasteiger charge is -2.42. The Bertz CT molecular complexity index is 652. The highest BCUT2D eigenvalue weighted by molar-refractivity contribution is 7.99. The molecule has 0 saturated carbocycles. The van der Waals surface area contributed by atoms with Crippen LogP contribution in [-0.4, -0.2) is 41.2 Å². The second-order valence-electron chi connectivity index (χ2n) is 6.46. The van der Waals surface area contributed by atoms with E-state index < -0.39 is 18.3 Å². The van der Waals surface area contributed by atoms with Crippen LogP contribution in [0.3, 0.4) is 0 Å². The van der Waals surface area contributed by atoms with Gasteiger partial charge in [0.2, 0.25) is 0 Å². The van der Waals surface area contributed by atoms with Gasteiger partial charge >= 0.3 is 0 Å². The molecule has 2 aromatic carbocycles. The minimum atomic E-state index is -0.747. The SMILES string of the molecule is CS[C@@H]1O[C@@H](C)[C@H](OCc2ccccc2)[C@@H](O)[C@H]1OCc1ccccc1. The summed E-state index contributed by atoms with van der Waals surface area (Å²) in [4.78, 5) is 0. The van der Waals surface area contributed by atoms with E-state index in [1.165, 1.54) is 0 Å². The average Bonchev–Trinajstić information content (AvgIpc) is 2.68. The molecule has 0 amide bonds. The van der Waals surface area contributed by atoms with Crippen LogP contribution in [-0.2, 0) is 27.4 Å². The highest BCUT2D eigenvalue weighted by atomic mass is 32.2. The minimum Gasteiger partial charge on any atom is -0.387 e. The number of rotatable bonds is 7. The number of hydrogen-bond donors (Lipinski definition) is 1. The molecule has 0 aliphatic carbocycles. The van der Waals surface area contributed by atoms with Gasteiger partial charge in [0.05, 0.1) is 19.3 Å². The van der Waals surface area contributed by atoms with Crippen molar-refractivity contribution in [2.45, 2.75) is 50.0 Å². The molecule has 1 aliphatic rings. The Morgan fingerprint density at radius 3 is 1.88 bits per heavy atom. The van der Waals surface area contributed by atoms with Gasteiger partial charge in [-0.25, -0.2) is 0 Å². The molecule has 5 heteroatoms. The molecule has 26 heavy (non-hydrogen) atoms. The van der Waals surface area contributed by atoms with Crippen LogP contribution in [0, 0.1) is 0 Å². The van der Waals surface area contributed by atoms with E-state index in [1.807, 2.05) is 73.8 Å². The van der Waals surface area contributed by atoms with Crippen molar-refractivity contribution < 1.29 is 19.3 Å². The molecule has 0 unspecified atom stereocenters. The van der Waals surface area contributed by atoms with E-state index in [1.54, 1.807) is 11.8 Å². The predicted molar refractivity (Wildman–Crippen MR) is 104 cm³/mol. The molecule has 4 nitrogen and oxygen atoms in total. The van der Waals surface area contributed by atoms with E-state index in [2.05, 4.69) is 0 Å². The number of aliphatic hydroxyl groups is 1. The van der Waals surface area contributed by atoms with Crippen molar-refractivity contribution in [1.82, 2.24) is 0 Å². The second kappa shape index (κ2) is 9.53. The molecule has 0 aromatic heterocycles. The van der Waals surface area contributed by atoms with Gasteiger partial charge in [0, 0.05) is 0 Å². The zero-order valence-electron chi connectivity index (χ0n) is 15.2. The Hall–Kier alpha value is -1.37. The third-order valence-electron chi connectivity index (χ3n) is 4.56. The van der Waals surface area contributed by atoms with Crippen LogP contribution in [0.1, 0.15) is 18.1 Å². The van der Waals surface area contributed by atoms with E-state index >= 15 is 0 Å². The summed E-state index contributed by atoms with van der Waals surface area (Å²) in [5.74, 6) is 0. The summed E-state index contributed by atoms with van der Waals surface area (Å²) in [7, 11) is 0. The largest absolute Gasteiger partial charge is 0.387 e. The van der Waals surface area contributed by atoms with Crippen molar-refractivity contribution in [3.8, 4) is 0 Å². The normalized spacial score (nSPS) is 28.8. The van der Waals surface area contributed by atoms with Crippen LogP contribution >= 0.6 is 11.8 Å². The predicted octanol–water partition coefficient (Wildman–Crippen LogP) is 3.63. The maximum absolute atomic E-state index is 10.9. The van der Waals surface area contributed by atoms with Gasteiger partial charge in [0.15, 0.2) is 0 Å². The quantitative estimate of drug-likeness (QED) is 0.802. The fraction of sp³-hybridized carbons (Fsp3) is 0.429. The number of benzene rings is 2. The summed E-state index contributed by atoms with van der Waals surface area (Å²) in [6.45, 7) is 2.81. The Morgan fingerprint density at radius 2 is 1.38 bits per heavy atom. The summed E-state index contributed by atoms with van der Waals surface area (Å²) in [6, 6.07) is 19.9. The van der Waals surface area contributed by atoms with Crippen LogP contribution in [0.4, 0.5) is 0 Å². The third-order valence-corrected chi connectivity index (χ3v) is 5.40. The first-order valence-corrected chi connectivity index (χ1v) is 10.1. The topological polar surface area (TPSA) is 47.9 Å². The fourth-order valence-corrected chi connectivity index (χ4v) is 3.92. The molecule has 5 atom stereocenters. The highest BCUT2D eigenvalue weighted by Gasteiger charge is 2.44. The van der Waals surface area contributed by atoms with Crippen LogP contribution in [0.5, 0.6) is 0 Å². The molecule has 0 radical (unpaired) electrons. The Balaban J connectivity index is 1.64. The summed E-state index contributed by atoms with van der Waals surface area (Å²) < 4.78 is 18.1. The first-order valence-electron chi connectivity index (χ1n) is 8.86. The van der Waals surface area contributed by atoms with Gasteiger partial charge < -0.3 is 19.3 Å². The molecule has 140 valence electrons. The van der Waals surface area contributed by atoms with Gasteiger partial charge in [-0.1, -0.05) is 60.7 Å². The minimum absolute atomic E-state index is 0.206. The molecule has 0 bridgehead atoms. The molecule has 1 fully saturated rings. The van der Waals surface area contributed by atoms with Crippen molar-refractivity contribution in [2.75, 3.05) is 6.26 Å². The first kappa shape index (κ1) is 19.4. The van der Waals surface area contributed by atoms with Crippen LogP contribution in [0.25, 0.3) is 0 Å². The van der Waals surface area contributed by atoms with Crippen molar-refractivity contribution in [2.24, 2.45) is 0 Å². The van der Waals surface area contributed by atoms with Gasteiger partial charge in [-0.2, -0.15) is 0 Å². The molecule has 1 saturated heterocycles. The van der Waals surface area contributed by atoms with E-state index in [4.69, 9.17) is 14.2 Å². The third kappa shape index (κ3) is 4.87. The number of aliphatic hydroxyl groups excluding tert-OH is 1. The molecule has 0 spiro atoms. The van der Waals surface area contributed by atoms with Gasteiger partial charge in [0.25, 0.3) is 0 Å². The summed E-state index contributed by atoms with van der Waals surface area (Å²) in [6.07, 6.45) is 0.140. The lowest BCUT2D eigenvalue weighted by Crippen LogP contribution is -2.57. The van der Waals surface area contributed by atoms with Crippen molar-refractivity contribution in [3.05, 3.63) is 71.8 Å². The Labute approximate surface area is 159 Å². The summed E-state index contributed by atoms with van der Waals surface area (Å²) in [5, 5.41) is 10.9. The number of hydrogen-bond acceptors (Lipinski definition) is 5. The zero-order valence-corrected chi connectivity index (χ0v) is 16.0. The molecule has 1 N–H and O–H groups in total. The maximum atomic E-state index is 10.9. The molecule has 3 rings (SSSR count). The first-order chi connectivity index (χ1) is 12.7. The standard InChI is InChI=1S/C21H26O4S/c1-15-19(23-13-16-9-5-3-6-10-16)18(22)20(21(25-15)26-2)24-14-17-11-7-4-8-12-17/h3-12,15,18-22H,13-14H2,1-2H3/t15-,18+,19-,20+,21-/m0/s1. The van der Waals surface area contributed by atoms with Crippen molar-refractivity contribution in [1.29, 1.82) is 0 Å². The summed E-state index contributed by atoms with van der Waals surface area (Å²) in [5.41, 5.74) is 1.92. The summed E-state index contributed by atoms with van der Waals surface area (Å²) >= 11 is 1.55. The lowest BCUT2D eigenvalue weighted by atomic mass is 10.0. The van der Waals surface area contributed by atoms with Gasteiger partial charge in [-0.3, -0.25) is 0 Å². The van der Waals surface area contributed by atoms with E-state index in [0.29, 0.717) is 13.2 Å². The fourth-order valence-electron chi connectivity index (χ4n) is 3.13. The average molecular weight is 375 g/mol. The molecule has 1 aliphatic heterocycles. The molecule has 2 aromatic rings. The second-order valence-corrected chi connectivity index (χ2v) is 7.39. The van der Waals surface area contributed by atoms with Gasteiger partial charge in [0.1, 0.15) is 23.7 Å². The molecule has 1 heterocycles. The Morgan fingerprint density at radius 1 is 0.885 bits per heavy atom. The molecular weight excluding hydrogens is 348 g/mol. The van der Waals surface area contributed by atoms with Gasteiger partial charge in [-0.05, 0) is 24.3 Å². The maximum Gasteiger partial charge on any atom is 0.132 e. The monoisotopic (exact) mass is 374 g/mol. The lowest BCUT2D eigenvalue weighted by molar-refractivity contribution is -0.226. The van der Waals surface area contributed by atoms with Crippen molar-refractivity contribution >= 4 is 11.8 Å².